The van der Waals surface area contributed by atoms with Crippen LogP contribution in [0, 0.1) is 0 Å². The van der Waals surface area contributed by atoms with Gasteiger partial charge < -0.3 is 0 Å². The van der Waals surface area contributed by atoms with E-state index in [2.05, 4.69) is 20.3 Å². The van der Waals surface area contributed by atoms with Crippen LogP contribution in [-0.2, 0) is 11.0 Å². The number of rotatable bonds is 2. The van der Waals surface area contributed by atoms with Crippen molar-refractivity contribution in [3.63, 3.8) is 0 Å². The molecule has 0 amide bonds. The molecule has 0 bridgehead atoms. The van der Waals surface area contributed by atoms with E-state index in [-0.39, 0.29) is 6.19 Å². The maximum atomic E-state index is 11.7. The van der Waals surface area contributed by atoms with E-state index in [1.165, 1.54) is 0 Å². The summed E-state index contributed by atoms with van der Waals surface area (Å²) in [7, 11) is -1.40. The summed E-state index contributed by atoms with van der Waals surface area (Å²) in [5.41, 5.74) is 0.653. The SMILES string of the molecule is [2H]/C(=N\S(=O)C(C)(C)C)c1ccccc1Br. The third-order valence-corrected chi connectivity index (χ3v) is 3.64. The molecule has 1 aromatic carbocycles. The van der Waals surface area contributed by atoms with E-state index in [4.69, 9.17) is 1.37 Å². The normalized spacial score (nSPS) is 16.0. The molecule has 82 valence electrons. The summed E-state index contributed by atoms with van der Waals surface area (Å²) in [5.74, 6) is 0. The fourth-order valence-electron chi connectivity index (χ4n) is 0.779. The molecule has 0 saturated heterocycles. The van der Waals surface area contributed by atoms with Crippen molar-refractivity contribution in [1.82, 2.24) is 0 Å². The molecule has 0 aliphatic rings. The molecule has 0 spiro atoms. The van der Waals surface area contributed by atoms with Gasteiger partial charge in [0.1, 0.15) is 11.0 Å². The van der Waals surface area contributed by atoms with Crippen molar-refractivity contribution in [2.45, 2.75) is 25.5 Å². The highest BCUT2D eigenvalue weighted by molar-refractivity contribution is 9.10. The van der Waals surface area contributed by atoms with Gasteiger partial charge in [0, 0.05) is 16.2 Å². The minimum Gasteiger partial charge on any atom is -0.234 e. The van der Waals surface area contributed by atoms with Crippen molar-refractivity contribution in [2.75, 3.05) is 0 Å². The standard InChI is InChI=1S/C11H14BrNOS/c1-11(2,3)15(14)13-8-9-6-4-5-7-10(9)12/h4-8H,1-3H3/b13-8+/i8D. The lowest BCUT2D eigenvalue weighted by Crippen LogP contribution is -2.19. The monoisotopic (exact) mass is 288 g/mol. The molecule has 1 atom stereocenters. The highest BCUT2D eigenvalue weighted by atomic mass is 79.9. The Balaban J connectivity index is 3.04. The third-order valence-electron chi connectivity index (χ3n) is 1.65. The Kier molecular flexibility index (Phi) is 3.70. The lowest BCUT2D eigenvalue weighted by Gasteiger charge is -2.12. The zero-order chi connectivity index (χ0) is 12.3. The van der Waals surface area contributed by atoms with Crippen LogP contribution in [0.5, 0.6) is 0 Å². The van der Waals surface area contributed by atoms with Gasteiger partial charge >= 0.3 is 0 Å². The molecule has 1 rings (SSSR count). The highest BCUT2D eigenvalue weighted by Crippen LogP contribution is 2.16. The summed E-state index contributed by atoms with van der Waals surface area (Å²) in [5, 5.41) is 0. The molecule has 4 heteroatoms. The quantitative estimate of drug-likeness (QED) is 0.768. The average Bonchev–Trinajstić information content (AvgIpc) is 2.16. The number of nitrogens with zero attached hydrogens (tertiary/aromatic N) is 1. The number of hydrogen-bond donors (Lipinski definition) is 0. The molecule has 2 nitrogen and oxygen atoms in total. The van der Waals surface area contributed by atoms with Crippen molar-refractivity contribution in [2.24, 2.45) is 4.40 Å². The van der Waals surface area contributed by atoms with E-state index in [0.29, 0.717) is 5.56 Å². The number of benzene rings is 1. The second-order valence-corrected chi connectivity index (χ2v) is 6.80. The minimum atomic E-state index is -1.40. The summed E-state index contributed by atoms with van der Waals surface area (Å²) in [6.45, 7) is 5.50. The summed E-state index contributed by atoms with van der Waals surface area (Å²) < 4.78 is 23.8. The van der Waals surface area contributed by atoms with E-state index >= 15 is 0 Å². The minimum absolute atomic E-state index is 0.0423. The van der Waals surface area contributed by atoms with Crippen molar-refractivity contribution in [3.8, 4) is 0 Å². The van der Waals surface area contributed by atoms with Gasteiger partial charge in [-0.2, -0.15) is 4.40 Å². The van der Waals surface area contributed by atoms with Crippen LogP contribution in [0.15, 0.2) is 33.1 Å². The lowest BCUT2D eigenvalue weighted by molar-refractivity contribution is 0.651. The van der Waals surface area contributed by atoms with E-state index in [1.807, 2.05) is 39.0 Å². The van der Waals surface area contributed by atoms with Crippen LogP contribution in [0.1, 0.15) is 27.7 Å². The average molecular weight is 289 g/mol. The van der Waals surface area contributed by atoms with Gasteiger partial charge in [0.15, 0.2) is 0 Å². The lowest BCUT2D eigenvalue weighted by atomic mass is 10.2. The molecular formula is C11H14BrNOS. The van der Waals surface area contributed by atoms with Crippen molar-refractivity contribution in [1.29, 1.82) is 0 Å². The summed E-state index contributed by atoms with van der Waals surface area (Å²) in [4.78, 5) is 0. The molecule has 0 N–H and O–H groups in total. The van der Waals surface area contributed by atoms with Gasteiger partial charge in [-0.25, -0.2) is 4.21 Å². The van der Waals surface area contributed by atoms with Gasteiger partial charge in [-0.1, -0.05) is 34.1 Å². The van der Waals surface area contributed by atoms with Crippen LogP contribution >= 0.6 is 15.9 Å². The predicted octanol–water partition coefficient (Wildman–Crippen LogP) is 3.33. The van der Waals surface area contributed by atoms with E-state index in [0.717, 1.165) is 4.47 Å². The molecule has 0 heterocycles. The summed E-state index contributed by atoms with van der Waals surface area (Å²) in [6, 6.07) is 7.29. The maximum absolute atomic E-state index is 11.7. The molecule has 0 fully saturated rings. The molecule has 0 radical (unpaired) electrons. The van der Waals surface area contributed by atoms with Crippen LogP contribution in [0.3, 0.4) is 0 Å². The van der Waals surface area contributed by atoms with Gasteiger partial charge in [-0.3, -0.25) is 0 Å². The van der Waals surface area contributed by atoms with E-state index in [9.17, 15) is 4.21 Å². The molecule has 0 aliphatic carbocycles. The zero-order valence-electron chi connectivity index (χ0n) is 9.95. The number of halogens is 1. The molecule has 1 aromatic rings. The smallest absolute Gasteiger partial charge is 0.144 e. The topological polar surface area (TPSA) is 29.4 Å². The summed E-state index contributed by atoms with van der Waals surface area (Å²) in [6.07, 6.45) is 0.0423. The molecule has 1 unspecified atom stereocenters. The third kappa shape index (κ3) is 3.87. The van der Waals surface area contributed by atoms with Crippen LogP contribution in [-0.4, -0.2) is 15.1 Å². The zero-order valence-corrected chi connectivity index (χ0v) is 11.4. The Morgan fingerprint density at radius 2 is 2.07 bits per heavy atom. The second kappa shape index (κ2) is 5.03. The first-order valence-corrected chi connectivity index (χ1v) is 6.44. The highest BCUT2D eigenvalue weighted by Gasteiger charge is 2.18. The van der Waals surface area contributed by atoms with Gasteiger partial charge in [-0.15, -0.1) is 0 Å². The van der Waals surface area contributed by atoms with Crippen LogP contribution < -0.4 is 0 Å². The Labute approximate surface area is 103 Å². The fraction of sp³-hybridized carbons (Fsp3) is 0.364. The molecule has 0 aliphatic heterocycles. The van der Waals surface area contributed by atoms with Crippen LogP contribution in [0.4, 0.5) is 0 Å². The Hall–Kier alpha value is -0.480. The Morgan fingerprint density at radius 1 is 1.47 bits per heavy atom. The Morgan fingerprint density at radius 3 is 2.60 bits per heavy atom. The predicted molar refractivity (Wildman–Crippen MR) is 69.6 cm³/mol. The fourth-order valence-corrected chi connectivity index (χ4v) is 1.61. The second-order valence-electron chi connectivity index (χ2n) is 4.04. The van der Waals surface area contributed by atoms with Gasteiger partial charge in [-0.05, 0) is 26.8 Å². The van der Waals surface area contributed by atoms with E-state index < -0.39 is 15.7 Å². The summed E-state index contributed by atoms with van der Waals surface area (Å²) >= 11 is 3.34. The van der Waals surface area contributed by atoms with Crippen LogP contribution in [0.2, 0.25) is 0 Å². The van der Waals surface area contributed by atoms with Crippen molar-refractivity contribution in [3.05, 3.63) is 34.3 Å². The first-order chi connectivity index (χ1) is 7.32. The maximum Gasteiger partial charge on any atom is 0.144 e. The molecular weight excluding hydrogens is 274 g/mol. The molecule has 0 saturated carbocycles. The van der Waals surface area contributed by atoms with Crippen molar-refractivity contribution >= 4 is 33.1 Å². The largest absolute Gasteiger partial charge is 0.234 e. The molecule has 0 aromatic heterocycles. The van der Waals surface area contributed by atoms with Crippen LogP contribution in [0.25, 0.3) is 0 Å². The first-order valence-electron chi connectivity index (χ1n) is 5.04. The molecule has 15 heavy (non-hydrogen) atoms. The van der Waals surface area contributed by atoms with Gasteiger partial charge in [0.05, 0.1) is 6.12 Å². The van der Waals surface area contributed by atoms with Crippen molar-refractivity contribution < 1.29 is 5.58 Å². The van der Waals surface area contributed by atoms with Gasteiger partial charge in [0.25, 0.3) is 0 Å². The first kappa shape index (κ1) is 11.0. The van der Waals surface area contributed by atoms with Gasteiger partial charge in [0.2, 0.25) is 0 Å². The Bertz CT molecular complexity index is 440. The number of hydrogen-bond acceptors (Lipinski definition) is 1. The van der Waals surface area contributed by atoms with E-state index in [1.54, 1.807) is 6.07 Å².